The van der Waals surface area contributed by atoms with Gasteiger partial charge in [-0.2, -0.15) is 0 Å². The summed E-state index contributed by atoms with van der Waals surface area (Å²) in [4.78, 5) is 45.1. The first-order valence-corrected chi connectivity index (χ1v) is 10.8. The number of hydrogen-bond donors (Lipinski definition) is 0. The molecule has 3 unspecified atom stereocenters. The van der Waals surface area contributed by atoms with Crippen molar-refractivity contribution in [1.29, 1.82) is 0 Å². The van der Waals surface area contributed by atoms with Crippen LogP contribution in [0.1, 0.15) is 11.6 Å². The van der Waals surface area contributed by atoms with Crippen LogP contribution in [0.2, 0.25) is 5.02 Å². The zero-order valence-electron chi connectivity index (χ0n) is 17.8. The molecule has 2 heterocycles. The Morgan fingerprint density at radius 2 is 1.71 bits per heavy atom. The van der Waals surface area contributed by atoms with Gasteiger partial charge in [0.1, 0.15) is 11.7 Å². The van der Waals surface area contributed by atoms with Gasteiger partial charge in [0.05, 0.1) is 29.4 Å². The van der Waals surface area contributed by atoms with Gasteiger partial charge in [-0.05, 0) is 30.3 Å². The molecule has 2 aliphatic heterocycles. The third-order valence-electron chi connectivity index (χ3n) is 5.95. The number of nitro benzene ring substituents is 1. The van der Waals surface area contributed by atoms with Gasteiger partial charge in [-0.3, -0.25) is 24.5 Å². The molecular weight excluding hydrogens is 462 g/mol. The predicted octanol–water partition coefficient (Wildman–Crippen LogP) is 4.31. The first-order valence-electron chi connectivity index (χ1n) is 10.4. The van der Waals surface area contributed by atoms with Crippen LogP contribution in [0, 0.1) is 16.0 Å². The minimum atomic E-state index is -1.13. The molecule has 2 saturated heterocycles. The molecule has 3 atom stereocenters. The van der Waals surface area contributed by atoms with E-state index in [1.54, 1.807) is 48.5 Å². The number of methoxy groups -OCH3 is 1. The molecule has 0 aromatic heterocycles. The highest BCUT2D eigenvalue weighted by molar-refractivity contribution is 6.31. The zero-order chi connectivity index (χ0) is 24.0. The number of para-hydroxylation sites is 1. The number of nitro groups is 1. The largest absolute Gasteiger partial charge is 0.497 e. The van der Waals surface area contributed by atoms with Gasteiger partial charge >= 0.3 is 0 Å². The van der Waals surface area contributed by atoms with E-state index in [9.17, 15) is 19.7 Å². The molecule has 172 valence electrons. The summed E-state index contributed by atoms with van der Waals surface area (Å²) in [6.07, 6.45) is -1.13. The van der Waals surface area contributed by atoms with Crippen molar-refractivity contribution in [3.63, 3.8) is 0 Å². The van der Waals surface area contributed by atoms with E-state index in [2.05, 4.69) is 0 Å². The molecule has 2 aliphatic rings. The molecule has 0 bridgehead atoms. The summed E-state index contributed by atoms with van der Waals surface area (Å²) in [6, 6.07) is 18.6. The Balaban J connectivity index is 1.63. The number of fused-ring (bicyclic) bond motifs is 1. The Bertz CT molecular complexity index is 1300. The van der Waals surface area contributed by atoms with Crippen LogP contribution in [-0.4, -0.2) is 30.0 Å². The lowest BCUT2D eigenvalue weighted by Gasteiger charge is -2.29. The van der Waals surface area contributed by atoms with Crippen molar-refractivity contribution in [2.45, 2.75) is 12.1 Å². The number of hydroxylamine groups is 1. The number of anilines is 2. The van der Waals surface area contributed by atoms with Gasteiger partial charge in [0.15, 0.2) is 6.10 Å². The first kappa shape index (κ1) is 21.9. The number of non-ortho nitro benzene ring substituents is 1. The van der Waals surface area contributed by atoms with Crippen molar-refractivity contribution < 1.29 is 24.1 Å². The monoisotopic (exact) mass is 479 g/mol. The summed E-state index contributed by atoms with van der Waals surface area (Å²) < 4.78 is 5.23. The fourth-order valence-corrected chi connectivity index (χ4v) is 4.63. The van der Waals surface area contributed by atoms with Gasteiger partial charge in [0, 0.05) is 28.8 Å². The van der Waals surface area contributed by atoms with Crippen LogP contribution >= 0.6 is 11.6 Å². The van der Waals surface area contributed by atoms with Crippen LogP contribution in [0.4, 0.5) is 17.1 Å². The van der Waals surface area contributed by atoms with Crippen molar-refractivity contribution in [3.8, 4) is 5.75 Å². The van der Waals surface area contributed by atoms with Gasteiger partial charge in [0.25, 0.3) is 11.6 Å². The van der Waals surface area contributed by atoms with E-state index in [4.69, 9.17) is 21.2 Å². The fourth-order valence-electron chi connectivity index (χ4n) is 4.40. The van der Waals surface area contributed by atoms with E-state index >= 15 is 0 Å². The number of carbonyl (C=O) groups is 2. The van der Waals surface area contributed by atoms with Crippen LogP contribution < -0.4 is 14.7 Å². The molecule has 0 saturated carbocycles. The van der Waals surface area contributed by atoms with E-state index in [-0.39, 0.29) is 10.7 Å². The molecule has 10 heteroatoms. The molecule has 0 aliphatic carbocycles. The molecule has 5 rings (SSSR count). The normalized spacial score (nSPS) is 21.6. The van der Waals surface area contributed by atoms with Crippen molar-refractivity contribution in [3.05, 3.63) is 93.5 Å². The highest BCUT2D eigenvalue weighted by atomic mass is 35.5. The lowest BCUT2D eigenvalue weighted by atomic mass is 9.90. The standard InChI is InChI=1S/C24H18ClN3O6/c1-33-17-9-5-8-15(12-17)26-23(29)20-21(18-13-16(28(31)32)10-11-19(18)25)27(34-22(20)24(26)30)14-6-3-2-4-7-14/h2-13,20-22H,1H3. The van der Waals surface area contributed by atoms with Crippen molar-refractivity contribution >= 4 is 40.5 Å². The lowest BCUT2D eigenvalue weighted by Crippen LogP contribution is -2.37. The molecule has 9 nitrogen and oxygen atoms in total. The summed E-state index contributed by atoms with van der Waals surface area (Å²) in [5.41, 5.74) is 1.07. The van der Waals surface area contributed by atoms with E-state index < -0.39 is 34.8 Å². The quantitative estimate of drug-likeness (QED) is 0.305. The maximum atomic E-state index is 13.7. The summed E-state index contributed by atoms with van der Waals surface area (Å²) in [5.74, 6) is -1.51. The Morgan fingerprint density at radius 1 is 0.971 bits per heavy atom. The average Bonchev–Trinajstić information content (AvgIpc) is 3.35. The van der Waals surface area contributed by atoms with Gasteiger partial charge < -0.3 is 4.74 Å². The second kappa shape index (κ2) is 8.44. The molecule has 0 N–H and O–H groups in total. The molecular formula is C24H18ClN3O6. The Morgan fingerprint density at radius 3 is 2.41 bits per heavy atom. The highest BCUT2D eigenvalue weighted by Crippen LogP contribution is 2.49. The molecule has 0 radical (unpaired) electrons. The summed E-state index contributed by atoms with van der Waals surface area (Å²) >= 11 is 6.47. The number of hydrogen-bond acceptors (Lipinski definition) is 7. The first-order chi connectivity index (χ1) is 16.4. The topological polar surface area (TPSA) is 102 Å². The number of imide groups is 1. The Kier molecular flexibility index (Phi) is 5.43. The zero-order valence-corrected chi connectivity index (χ0v) is 18.6. The van der Waals surface area contributed by atoms with E-state index in [0.717, 1.165) is 4.90 Å². The number of amides is 2. The fraction of sp³-hybridized carbons (Fsp3) is 0.167. The van der Waals surface area contributed by atoms with Crippen molar-refractivity contribution in [1.82, 2.24) is 0 Å². The smallest absolute Gasteiger partial charge is 0.269 e. The van der Waals surface area contributed by atoms with E-state index in [0.29, 0.717) is 22.7 Å². The van der Waals surface area contributed by atoms with Gasteiger partial charge in [-0.1, -0.05) is 35.9 Å². The minimum absolute atomic E-state index is 0.183. The molecule has 3 aromatic carbocycles. The average molecular weight is 480 g/mol. The van der Waals surface area contributed by atoms with E-state index in [1.807, 2.05) is 6.07 Å². The second-order valence-corrected chi connectivity index (χ2v) is 8.24. The number of nitrogens with zero attached hydrogens (tertiary/aromatic N) is 3. The third-order valence-corrected chi connectivity index (χ3v) is 6.29. The van der Waals surface area contributed by atoms with Crippen molar-refractivity contribution in [2.24, 2.45) is 5.92 Å². The minimum Gasteiger partial charge on any atom is -0.497 e. The maximum Gasteiger partial charge on any atom is 0.269 e. The van der Waals surface area contributed by atoms with Crippen LogP contribution in [0.5, 0.6) is 5.75 Å². The van der Waals surface area contributed by atoms with Gasteiger partial charge in [-0.15, -0.1) is 0 Å². The van der Waals surface area contributed by atoms with Crippen LogP contribution in [0.15, 0.2) is 72.8 Å². The molecule has 3 aromatic rings. The second-order valence-electron chi connectivity index (χ2n) is 7.83. The molecule has 2 fully saturated rings. The number of ether oxygens (including phenoxy) is 1. The number of rotatable bonds is 5. The summed E-state index contributed by atoms with van der Waals surface area (Å²) in [7, 11) is 1.49. The number of halogens is 1. The molecule has 0 spiro atoms. The molecule has 2 amide bonds. The van der Waals surface area contributed by atoms with Gasteiger partial charge in [0.2, 0.25) is 5.91 Å². The lowest BCUT2D eigenvalue weighted by molar-refractivity contribution is -0.384. The predicted molar refractivity (Wildman–Crippen MR) is 124 cm³/mol. The third kappa shape index (κ3) is 3.46. The van der Waals surface area contributed by atoms with Crippen LogP contribution in [0.25, 0.3) is 0 Å². The van der Waals surface area contributed by atoms with Gasteiger partial charge in [-0.25, -0.2) is 9.96 Å². The van der Waals surface area contributed by atoms with Crippen LogP contribution in [0.3, 0.4) is 0 Å². The number of benzene rings is 3. The summed E-state index contributed by atoms with van der Waals surface area (Å²) in [5, 5.41) is 13.1. The Hall–Kier alpha value is -3.95. The van der Waals surface area contributed by atoms with E-state index in [1.165, 1.54) is 30.4 Å². The SMILES string of the molecule is COc1cccc(N2C(=O)C3ON(c4ccccc4)C(c4cc([N+](=O)[O-])ccc4Cl)C3C2=O)c1. The number of carbonyl (C=O) groups excluding carboxylic acids is 2. The van der Waals surface area contributed by atoms with Crippen molar-refractivity contribution in [2.75, 3.05) is 17.1 Å². The van der Waals surface area contributed by atoms with Crippen LogP contribution in [-0.2, 0) is 14.4 Å². The maximum absolute atomic E-state index is 13.7. The Labute approximate surface area is 199 Å². The molecule has 34 heavy (non-hydrogen) atoms. The summed E-state index contributed by atoms with van der Waals surface area (Å²) in [6.45, 7) is 0. The highest BCUT2D eigenvalue weighted by Gasteiger charge is 2.60.